The average molecular weight is 503 g/mol. The third kappa shape index (κ3) is 3.68. The molecule has 2 aromatic carbocycles. The minimum absolute atomic E-state index is 0.152. The van der Waals surface area contributed by atoms with Crippen molar-refractivity contribution >= 4 is 67.3 Å². The van der Waals surface area contributed by atoms with Crippen molar-refractivity contribution in [3.63, 3.8) is 0 Å². The number of carbonyl (C=O) groups is 2. The zero-order chi connectivity index (χ0) is 21.4. The lowest BCUT2D eigenvalue weighted by atomic mass is 10.1. The number of amides is 2. The van der Waals surface area contributed by atoms with Crippen LogP contribution in [0.2, 0.25) is 0 Å². The Kier molecular flexibility index (Phi) is 5.99. The summed E-state index contributed by atoms with van der Waals surface area (Å²) in [6, 6.07) is 13.4. The normalized spacial score (nSPS) is 18.4. The van der Waals surface area contributed by atoms with E-state index in [0.717, 1.165) is 27.0 Å². The van der Waals surface area contributed by atoms with Gasteiger partial charge in [-0.3, -0.25) is 14.5 Å². The van der Waals surface area contributed by atoms with Crippen LogP contribution in [0.1, 0.15) is 18.1 Å². The number of thiocarbonyl (C=S) groups is 1. The SMILES string of the molecule is CCN1C(=O)C(=C2SC(=S)N(CCc3ccc(OC)cc3)C2=O)c2cc(Br)ccc21. The van der Waals surface area contributed by atoms with Crippen molar-refractivity contribution in [1.29, 1.82) is 0 Å². The fourth-order valence-electron chi connectivity index (χ4n) is 3.61. The minimum atomic E-state index is -0.203. The maximum Gasteiger partial charge on any atom is 0.267 e. The zero-order valence-corrected chi connectivity index (χ0v) is 19.7. The third-order valence-electron chi connectivity index (χ3n) is 5.15. The molecule has 2 aromatic rings. The second-order valence-electron chi connectivity index (χ2n) is 6.84. The summed E-state index contributed by atoms with van der Waals surface area (Å²) in [4.78, 5) is 30.0. The summed E-state index contributed by atoms with van der Waals surface area (Å²) in [5.74, 6) is 0.436. The Morgan fingerprint density at radius 1 is 1.07 bits per heavy atom. The number of thioether (sulfide) groups is 1. The molecule has 0 spiro atoms. The van der Waals surface area contributed by atoms with Gasteiger partial charge in [0.05, 0.1) is 23.3 Å². The number of hydrogen-bond donors (Lipinski definition) is 0. The Bertz CT molecular complexity index is 1080. The van der Waals surface area contributed by atoms with Crippen molar-refractivity contribution in [3.05, 3.63) is 63.0 Å². The molecule has 0 radical (unpaired) electrons. The lowest BCUT2D eigenvalue weighted by Crippen LogP contribution is -2.31. The molecule has 2 aliphatic heterocycles. The van der Waals surface area contributed by atoms with Crippen LogP contribution < -0.4 is 9.64 Å². The fraction of sp³-hybridized carbons (Fsp3) is 0.227. The lowest BCUT2D eigenvalue weighted by molar-refractivity contribution is -0.122. The van der Waals surface area contributed by atoms with Crippen molar-refractivity contribution < 1.29 is 14.3 Å². The summed E-state index contributed by atoms with van der Waals surface area (Å²) < 4.78 is 6.53. The number of methoxy groups -OCH3 is 1. The molecule has 1 saturated heterocycles. The van der Waals surface area contributed by atoms with Gasteiger partial charge in [-0.1, -0.05) is 52.0 Å². The number of nitrogens with zero attached hydrogens (tertiary/aromatic N) is 2. The number of likely N-dealkylation sites (N-methyl/N-ethyl adjacent to an activating group) is 1. The molecule has 30 heavy (non-hydrogen) atoms. The molecule has 0 aromatic heterocycles. The smallest absolute Gasteiger partial charge is 0.267 e. The number of ether oxygens (including phenoxy) is 1. The molecule has 4 rings (SSSR count). The van der Waals surface area contributed by atoms with Crippen molar-refractivity contribution in [2.24, 2.45) is 0 Å². The van der Waals surface area contributed by atoms with E-state index >= 15 is 0 Å². The minimum Gasteiger partial charge on any atom is -0.497 e. The molecule has 0 bridgehead atoms. The van der Waals surface area contributed by atoms with Gasteiger partial charge in [-0.05, 0) is 49.2 Å². The maximum atomic E-state index is 13.2. The van der Waals surface area contributed by atoms with Crippen molar-refractivity contribution in [1.82, 2.24) is 4.90 Å². The van der Waals surface area contributed by atoms with E-state index in [1.54, 1.807) is 16.9 Å². The summed E-state index contributed by atoms with van der Waals surface area (Å²) in [5, 5.41) is 0. The number of halogens is 1. The molecule has 0 unspecified atom stereocenters. The first-order valence-corrected chi connectivity index (χ1v) is 11.5. The molecule has 2 heterocycles. The largest absolute Gasteiger partial charge is 0.497 e. The number of fused-ring (bicyclic) bond motifs is 1. The van der Waals surface area contributed by atoms with Gasteiger partial charge < -0.3 is 9.64 Å². The second kappa shape index (κ2) is 8.53. The molecule has 0 N–H and O–H groups in total. The summed E-state index contributed by atoms with van der Waals surface area (Å²) >= 11 is 10.2. The molecule has 1 fully saturated rings. The van der Waals surface area contributed by atoms with Gasteiger partial charge in [-0.15, -0.1) is 0 Å². The molecule has 0 saturated carbocycles. The number of benzene rings is 2. The van der Waals surface area contributed by atoms with Crippen LogP contribution in [0.3, 0.4) is 0 Å². The Morgan fingerprint density at radius 2 is 1.80 bits per heavy atom. The number of anilines is 1. The van der Waals surface area contributed by atoms with Crippen molar-refractivity contribution in [2.45, 2.75) is 13.3 Å². The van der Waals surface area contributed by atoms with Crippen LogP contribution in [0.25, 0.3) is 5.57 Å². The monoisotopic (exact) mass is 502 g/mol. The van der Waals surface area contributed by atoms with Gasteiger partial charge in [0.25, 0.3) is 11.8 Å². The molecular weight excluding hydrogens is 484 g/mol. The van der Waals surface area contributed by atoms with Crippen LogP contribution in [-0.4, -0.2) is 41.2 Å². The first-order valence-electron chi connectivity index (χ1n) is 9.47. The van der Waals surface area contributed by atoms with E-state index in [0.29, 0.717) is 34.3 Å². The molecule has 5 nitrogen and oxygen atoms in total. The topological polar surface area (TPSA) is 49.9 Å². The van der Waals surface area contributed by atoms with Gasteiger partial charge in [0.1, 0.15) is 10.1 Å². The Hall–Kier alpha value is -2.16. The van der Waals surface area contributed by atoms with Crippen molar-refractivity contribution in [3.8, 4) is 5.75 Å². The highest BCUT2D eigenvalue weighted by Crippen LogP contribution is 2.45. The molecule has 0 aliphatic carbocycles. The van der Waals surface area contributed by atoms with Crippen LogP contribution in [-0.2, 0) is 16.0 Å². The summed E-state index contributed by atoms with van der Waals surface area (Å²) in [5.41, 5.74) is 3.12. The van der Waals surface area contributed by atoms with Crippen LogP contribution in [0.4, 0.5) is 5.69 Å². The first-order chi connectivity index (χ1) is 14.4. The zero-order valence-electron chi connectivity index (χ0n) is 16.5. The highest BCUT2D eigenvalue weighted by atomic mass is 79.9. The number of hydrogen-bond acceptors (Lipinski definition) is 5. The van der Waals surface area contributed by atoms with Gasteiger partial charge >= 0.3 is 0 Å². The molecule has 2 amide bonds. The second-order valence-corrected chi connectivity index (χ2v) is 9.40. The quantitative estimate of drug-likeness (QED) is 0.440. The summed E-state index contributed by atoms with van der Waals surface area (Å²) in [6.07, 6.45) is 0.663. The molecular formula is C22H19BrN2O3S2. The van der Waals surface area contributed by atoms with E-state index in [9.17, 15) is 9.59 Å². The number of carbonyl (C=O) groups excluding carboxylic acids is 2. The Morgan fingerprint density at radius 3 is 2.47 bits per heavy atom. The van der Waals surface area contributed by atoms with E-state index < -0.39 is 0 Å². The van der Waals surface area contributed by atoms with Gasteiger partial charge in [0.15, 0.2) is 0 Å². The van der Waals surface area contributed by atoms with Crippen LogP contribution in [0.15, 0.2) is 51.8 Å². The molecule has 154 valence electrons. The standard InChI is InChI=1S/C22H19BrN2O3S2/c1-3-24-17-9-6-14(23)12-16(17)18(20(24)26)19-21(27)25(22(29)30-19)11-10-13-4-7-15(28-2)8-5-13/h4-9,12H,3,10-11H2,1-2H3. The summed E-state index contributed by atoms with van der Waals surface area (Å²) in [6.45, 7) is 2.92. The maximum absolute atomic E-state index is 13.2. The Labute approximate surface area is 193 Å². The lowest BCUT2D eigenvalue weighted by Gasteiger charge is -2.15. The van der Waals surface area contributed by atoms with Gasteiger partial charge in [-0.2, -0.15) is 0 Å². The molecule has 0 atom stereocenters. The van der Waals surface area contributed by atoms with Gasteiger partial charge in [0, 0.05) is 23.1 Å². The Balaban J connectivity index is 1.62. The fourth-order valence-corrected chi connectivity index (χ4v) is 5.35. The van der Waals surface area contributed by atoms with E-state index in [4.69, 9.17) is 17.0 Å². The molecule has 2 aliphatic rings. The van der Waals surface area contributed by atoms with E-state index in [-0.39, 0.29) is 11.8 Å². The average Bonchev–Trinajstić information content (AvgIpc) is 3.17. The van der Waals surface area contributed by atoms with Crippen molar-refractivity contribution in [2.75, 3.05) is 25.1 Å². The van der Waals surface area contributed by atoms with Gasteiger partial charge in [0.2, 0.25) is 0 Å². The van der Waals surface area contributed by atoms with Crippen LogP contribution in [0.5, 0.6) is 5.75 Å². The van der Waals surface area contributed by atoms with Crippen LogP contribution >= 0.6 is 39.9 Å². The molecule has 8 heteroatoms. The predicted octanol–water partition coefficient (Wildman–Crippen LogP) is 4.64. The van der Waals surface area contributed by atoms with Crippen LogP contribution in [0, 0.1) is 0 Å². The highest BCUT2D eigenvalue weighted by Gasteiger charge is 2.41. The predicted molar refractivity (Wildman–Crippen MR) is 128 cm³/mol. The summed E-state index contributed by atoms with van der Waals surface area (Å²) in [7, 11) is 1.63. The van der Waals surface area contributed by atoms with E-state index in [2.05, 4.69) is 15.9 Å². The van der Waals surface area contributed by atoms with E-state index in [1.165, 1.54) is 11.8 Å². The third-order valence-corrected chi connectivity index (χ3v) is 7.09. The number of rotatable bonds is 5. The highest BCUT2D eigenvalue weighted by molar-refractivity contribution is 9.10. The van der Waals surface area contributed by atoms with E-state index in [1.807, 2.05) is 49.4 Å². The van der Waals surface area contributed by atoms with Gasteiger partial charge in [-0.25, -0.2) is 0 Å². The first kappa shape index (κ1) is 21.1.